The molecule has 13 heavy (non-hydrogen) atoms. The fourth-order valence-corrected chi connectivity index (χ4v) is 1.76. The molecule has 2 nitrogen and oxygen atoms in total. The minimum Gasteiger partial charge on any atom is -0.491 e. The van der Waals surface area contributed by atoms with Gasteiger partial charge < -0.3 is 9.84 Å². The zero-order valence-electron chi connectivity index (χ0n) is 7.75. The van der Waals surface area contributed by atoms with E-state index in [-0.39, 0.29) is 12.7 Å². The molecule has 0 unspecified atom stereocenters. The lowest BCUT2D eigenvalue weighted by molar-refractivity contribution is 0.240. The maximum atomic E-state index is 8.96. The summed E-state index contributed by atoms with van der Waals surface area (Å²) >= 11 is 2.21. The van der Waals surface area contributed by atoms with Crippen molar-refractivity contribution in [2.45, 2.75) is 26.6 Å². The summed E-state index contributed by atoms with van der Waals surface area (Å²) in [4.78, 5) is 0. The van der Waals surface area contributed by atoms with Crippen LogP contribution in [0, 0.1) is 3.57 Å². The van der Waals surface area contributed by atoms with E-state index >= 15 is 0 Å². The highest BCUT2D eigenvalue weighted by molar-refractivity contribution is 14.1. The second kappa shape index (κ2) is 4.81. The molecule has 0 saturated heterocycles. The van der Waals surface area contributed by atoms with Crippen LogP contribution < -0.4 is 4.74 Å². The number of benzene rings is 1. The fourth-order valence-electron chi connectivity index (χ4n) is 1.05. The molecule has 0 heterocycles. The van der Waals surface area contributed by atoms with Gasteiger partial charge in [-0.1, -0.05) is 0 Å². The van der Waals surface area contributed by atoms with Crippen LogP contribution in [0.5, 0.6) is 5.75 Å². The summed E-state index contributed by atoms with van der Waals surface area (Å²) in [5, 5.41) is 8.96. The van der Waals surface area contributed by atoms with Crippen molar-refractivity contribution < 1.29 is 9.84 Å². The second-order valence-corrected chi connectivity index (χ2v) is 4.37. The van der Waals surface area contributed by atoms with Crippen LogP contribution in [0.4, 0.5) is 0 Å². The van der Waals surface area contributed by atoms with Gasteiger partial charge in [0.2, 0.25) is 0 Å². The normalized spacial score (nSPS) is 10.5. The van der Waals surface area contributed by atoms with Gasteiger partial charge in [-0.3, -0.25) is 0 Å². The average molecular weight is 292 g/mol. The Labute approximate surface area is 92.1 Å². The van der Waals surface area contributed by atoms with Crippen LogP contribution >= 0.6 is 22.6 Å². The molecule has 0 aliphatic rings. The molecular weight excluding hydrogens is 279 g/mol. The lowest BCUT2D eigenvalue weighted by atomic mass is 10.2. The first-order valence-electron chi connectivity index (χ1n) is 4.19. The van der Waals surface area contributed by atoms with E-state index in [0.717, 1.165) is 14.9 Å². The number of hydrogen-bond donors (Lipinski definition) is 1. The van der Waals surface area contributed by atoms with E-state index in [9.17, 15) is 0 Å². The molecule has 1 rings (SSSR count). The Balaban J connectivity index is 2.88. The minimum absolute atomic E-state index is 0.0608. The van der Waals surface area contributed by atoms with Gasteiger partial charge in [-0.25, -0.2) is 0 Å². The zero-order chi connectivity index (χ0) is 9.84. The molecule has 0 aromatic heterocycles. The second-order valence-electron chi connectivity index (χ2n) is 3.12. The van der Waals surface area contributed by atoms with Crippen LogP contribution in [-0.4, -0.2) is 11.2 Å². The SMILES string of the molecule is CC(C)Oc1cc(I)cc(CO)c1. The Morgan fingerprint density at radius 2 is 2.08 bits per heavy atom. The van der Waals surface area contributed by atoms with Crippen LogP contribution in [0.3, 0.4) is 0 Å². The topological polar surface area (TPSA) is 29.5 Å². The number of ether oxygens (including phenoxy) is 1. The van der Waals surface area contributed by atoms with E-state index in [1.54, 1.807) is 0 Å². The summed E-state index contributed by atoms with van der Waals surface area (Å²) in [5.41, 5.74) is 0.891. The van der Waals surface area contributed by atoms with E-state index in [2.05, 4.69) is 22.6 Å². The van der Waals surface area contributed by atoms with Crippen molar-refractivity contribution in [2.24, 2.45) is 0 Å². The number of halogens is 1. The quantitative estimate of drug-likeness (QED) is 0.868. The molecule has 72 valence electrons. The molecule has 0 spiro atoms. The standard InChI is InChI=1S/C10H13IO2/c1-7(2)13-10-4-8(6-12)3-9(11)5-10/h3-5,7,12H,6H2,1-2H3. The van der Waals surface area contributed by atoms with Gasteiger partial charge in [-0.05, 0) is 60.2 Å². The molecule has 1 aromatic rings. The van der Waals surface area contributed by atoms with Crippen molar-refractivity contribution in [1.29, 1.82) is 0 Å². The highest BCUT2D eigenvalue weighted by Gasteiger charge is 2.01. The van der Waals surface area contributed by atoms with Crippen molar-refractivity contribution in [3.8, 4) is 5.75 Å². The van der Waals surface area contributed by atoms with Gasteiger partial charge in [0.05, 0.1) is 12.7 Å². The highest BCUT2D eigenvalue weighted by atomic mass is 127. The third kappa shape index (κ3) is 3.52. The summed E-state index contributed by atoms with van der Waals surface area (Å²) in [7, 11) is 0. The first-order valence-corrected chi connectivity index (χ1v) is 5.26. The molecule has 0 bridgehead atoms. The molecule has 0 atom stereocenters. The van der Waals surface area contributed by atoms with E-state index in [1.807, 2.05) is 32.0 Å². The Kier molecular flexibility index (Phi) is 3.99. The van der Waals surface area contributed by atoms with Crippen LogP contribution in [0.15, 0.2) is 18.2 Å². The Morgan fingerprint density at radius 1 is 1.38 bits per heavy atom. The van der Waals surface area contributed by atoms with E-state index in [4.69, 9.17) is 9.84 Å². The van der Waals surface area contributed by atoms with Crippen molar-refractivity contribution >= 4 is 22.6 Å². The van der Waals surface area contributed by atoms with Gasteiger partial charge in [0, 0.05) is 3.57 Å². The van der Waals surface area contributed by atoms with Crippen LogP contribution in [0.1, 0.15) is 19.4 Å². The minimum atomic E-state index is 0.0608. The molecule has 0 aliphatic carbocycles. The van der Waals surface area contributed by atoms with Crippen molar-refractivity contribution in [3.63, 3.8) is 0 Å². The van der Waals surface area contributed by atoms with Crippen LogP contribution in [-0.2, 0) is 6.61 Å². The number of hydrogen-bond acceptors (Lipinski definition) is 2. The molecule has 0 saturated carbocycles. The number of rotatable bonds is 3. The lowest BCUT2D eigenvalue weighted by Gasteiger charge is -2.10. The van der Waals surface area contributed by atoms with Crippen molar-refractivity contribution in [1.82, 2.24) is 0 Å². The predicted octanol–water partition coefficient (Wildman–Crippen LogP) is 2.57. The van der Waals surface area contributed by atoms with Crippen LogP contribution in [0.2, 0.25) is 0 Å². The fraction of sp³-hybridized carbons (Fsp3) is 0.400. The Hall–Kier alpha value is -0.290. The number of aliphatic hydroxyl groups is 1. The first-order chi connectivity index (χ1) is 6.11. The van der Waals surface area contributed by atoms with Crippen molar-refractivity contribution in [3.05, 3.63) is 27.3 Å². The summed E-state index contributed by atoms with van der Waals surface area (Å²) in [5.74, 6) is 0.825. The van der Waals surface area contributed by atoms with Gasteiger partial charge in [-0.15, -0.1) is 0 Å². The summed E-state index contributed by atoms with van der Waals surface area (Å²) in [6, 6.07) is 5.76. The molecule has 3 heteroatoms. The van der Waals surface area contributed by atoms with Gasteiger partial charge >= 0.3 is 0 Å². The molecule has 1 N–H and O–H groups in total. The lowest BCUT2D eigenvalue weighted by Crippen LogP contribution is -2.06. The van der Waals surface area contributed by atoms with Gasteiger partial charge in [-0.2, -0.15) is 0 Å². The summed E-state index contributed by atoms with van der Waals surface area (Å²) in [6.07, 6.45) is 0.171. The van der Waals surface area contributed by atoms with Gasteiger partial charge in [0.1, 0.15) is 5.75 Å². The third-order valence-corrected chi connectivity index (χ3v) is 2.11. The van der Waals surface area contributed by atoms with Crippen molar-refractivity contribution in [2.75, 3.05) is 0 Å². The molecule has 1 aromatic carbocycles. The predicted molar refractivity (Wildman–Crippen MR) is 60.8 cm³/mol. The Morgan fingerprint density at radius 3 is 2.62 bits per heavy atom. The number of aliphatic hydroxyl groups excluding tert-OH is 1. The Bertz CT molecular complexity index is 284. The maximum absolute atomic E-state index is 8.96. The molecule has 0 aliphatic heterocycles. The molecule has 0 amide bonds. The third-order valence-electron chi connectivity index (χ3n) is 1.49. The van der Waals surface area contributed by atoms with E-state index in [0.29, 0.717) is 0 Å². The summed E-state index contributed by atoms with van der Waals surface area (Å²) < 4.78 is 6.60. The molecular formula is C10H13IO2. The van der Waals surface area contributed by atoms with Gasteiger partial charge in [0.15, 0.2) is 0 Å². The molecule has 0 radical (unpaired) electrons. The smallest absolute Gasteiger partial charge is 0.121 e. The van der Waals surface area contributed by atoms with Gasteiger partial charge in [0.25, 0.3) is 0 Å². The van der Waals surface area contributed by atoms with E-state index in [1.165, 1.54) is 0 Å². The largest absolute Gasteiger partial charge is 0.491 e. The average Bonchev–Trinajstić information content (AvgIpc) is 2.01. The van der Waals surface area contributed by atoms with E-state index < -0.39 is 0 Å². The first kappa shape index (κ1) is 10.8. The maximum Gasteiger partial charge on any atom is 0.121 e. The van der Waals surface area contributed by atoms with Crippen LogP contribution in [0.25, 0.3) is 0 Å². The summed E-state index contributed by atoms with van der Waals surface area (Å²) in [6.45, 7) is 4.03. The zero-order valence-corrected chi connectivity index (χ0v) is 9.91. The monoisotopic (exact) mass is 292 g/mol. The molecule has 0 fully saturated rings. The highest BCUT2D eigenvalue weighted by Crippen LogP contribution is 2.19.